The molecule has 0 radical (unpaired) electrons. The van der Waals surface area contributed by atoms with Gasteiger partial charge in [0.05, 0.1) is 25.2 Å². The highest BCUT2D eigenvalue weighted by atomic mass is 32.3. The van der Waals surface area contributed by atoms with E-state index in [1.807, 2.05) is 0 Å². The number of carbonyl (C=O) groups is 3. The van der Waals surface area contributed by atoms with E-state index in [0.29, 0.717) is 5.06 Å². The zero-order valence-corrected chi connectivity index (χ0v) is 18.7. The predicted octanol–water partition coefficient (Wildman–Crippen LogP) is 0.385. The fourth-order valence-corrected chi connectivity index (χ4v) is 4.33. The molecule has 0 aromatic carbocycles. The summed E-state index contributed by atoms with van der Waals surface area (Å²) in [5.74, 6) is -0.663. The van der Waals surface area contributed by atoms with E-state index in [1.165, 1.54) is 4.90 Å². The van der Waals surface area contributed by atoms with E-state index in [-0.39, 0.29) is 39.0 Å². The number of urea groups is 1. The molecule has 3 rings (SSSR count). The molecule has 182 valence electrons. The van der Waals surface area contributed by atoms with Crippen LogP contribution in [0.1, 0.15) is 40.0 Å². The van der Waals surface area contributed by atoms with E-state index >= 15 is 0 Å². The number of piperidine rings is 1. The van der Waals surface area contributed by atoms with Gasteiger partial charge in [-0.2, -0.15) is 13.5 Å². The lowest BCUT2D eigenvalue weighted by molar-refractivity contribution is -0.140. The number of nitrogens with one attached hydrogen (secondary N) is 1. The number of fused-ring (bicyclic) bond motifs is 2. The maximum absolute atomic E-state index is 13.9. The Kier molecular flexibility index (Phi) is 6.83. The number of ether oxygens (including phenoxy) is 1. The molecule has 0 aromatic rings. The van der Waals surface area contributed by atoms with Gasteiger partial charge < -0.3 is 9.64 Å². The van der Waals surface area contributed by atoms with Crippen molar-refractivity contribution in [1.29, 1.82) is 0 Å². The zero-order valence-electron chi connectivity index (χ0n) is 17.9. The van der Waals surface area contributed by atoms with E-state index < -0.39 is 58.3 Å². The van der Waals surface area contributed by atoms with Gasteiger partial charge in [0.25, 0.3) is 5.91 Å². The highest BCUT2D eigenvalue weighted by Crippen LogP contribution is 2.31. The third-order valence-corrected chi connectivity index (χ3v) is 5.59. The standard InChI is InChI=1S/C17H27FN4O9S/c1-17(2,3)30-16(25)20-7-10(18)6-12(20)9-29-19-14(23)13-5-4-11-8-21(13)15(24)22(11)31-32(26,27)28/h10-13H,4-9H2,1-3H3,(H,19,23)(H,26,27,28)/t10-,11+,12-,13-/m0/s1. The predicted molar refractivity (Wildman–Crippen MR) is 104 cm³/mol. The number of hydrogen-bond acceptors (Lipinski definition) is 8. The molecule has 3 saturated heterocycles. The second-order valence-corrected chi connectivity index (χ2v) is 9.91. The van der Waals surface area contributed by atoms with Crippen LogP contribution in [0.25, 0.3) is 0 Å². The maximum Gasteiger partial charge on any atom is 0.418 e. The van der Waals surface area contributed by atoms with Crippen LogP contribution in [0.4, 0.5) is 14.0 Å². The summed E-state index contributed by atoms with van der Waals surface area (Å²) in [5, 5.41) is 0.530. The topological polar surface area (TPSA) is 155 Å². The summed E-state index contributed by atoms with van der Waals surface area (Å²) in [4.78, 5) is 44.7. The lowest BCUT2D eigenvalue weighted by Gasteiger charge is -2.30. The van der Waals surface area contributed by atoms with Crippen molar-refractivity contribution in [2.24, 2.45) is 0 Å². The first-order valence-electron chi connectivity index (χ1n) is 10.1. The van der Waals surface area contributed by atoms with Crippen LogP contribution in [0.2, 0.25) is 0 Å². The van der Waals surface area contributed by atoms with E-state index in [9.17, 15) is 27.2 Å². The monoisotopic (exact) mass is 482 g/mol. The number of amides is 4. The first-order chi connectivity index (χ1) is 14.7. The minimum absolute atomic E-state index is 0.0206. The molecule has 3 fully saturated rings. The Morgan fingerprint density at radius 1 is 1.25 bits per heavy atom. The number of hydrogen-bond donors (Lipinski definition) is 2. The lowest BCUT2D eigenvalue weighted by atomic mass is 10.0. The molecule has 4 amide bonds. The van der Waals surface area contributed by atoms with Crippen LogP contribution in [0, 0.1) is 0 Å². The van der Waals surface area contributed by atoms with Crippen LogP contribution >= 0.6 is 0 Å². The molecule has 0 unspecified atom stereocenters. The smallest absolute Gasteiger partial charge is 0.418 e. The van der Waals surface area contributed by atoms with Crippen molar-refractivity contribution >= 4 is 28.4 Å². The number of alkyl halides is 1. The summed E-state index contributed by atoms with van der Waals surface area (Å²) in [5.41, 5.74) is 1.46. The summed E-state index contributed by atoms with van der Waals surface area (Å²) >= 11 is 0. The van der Waals surface area contributed by atoms with Gasteiger partial charge in [0.1, 0.15) is 17.8 Å². The Bertz CT molecular complexity index is 865. The molecule has 0 aliphatic carbocycles. The SMILES string of the molecule is CC(C)(C)OC(=O)N1C[C@@H](F)C[C@H]1CONC(=O)[C@@H]1CC[C@@H]2CN1C(=O)N2OS(=O)(=O)O. The molecule has 13 nitrogen and oxygen atoms in total. The average molecular weight is 482 g/mol. The van der Waals surface area contributed by atoms with E-state index in [0.717, 1.165) is 4.90 Å². The minimum Gasteiger partial charge on any atom is -0.444 e. The van der Waals surface area contributed by atoms with Crippen molar-refractivity contribution < 1.29 is 45.6 Å². The normalized spacial score (nSPS) is 28.3. The van der Waals surface area contributed by atoms with Crippen LogP contribution in [0.3, 0.4) is 0 Å². The van der Waals surface area contributed by atoms with Gasteiger partial charge in [-0.1, -0.05) is 0 Å². The van der Waals surface area contributed by atoms with Crippen LogP contribution in [-0.4, -0.2) is 95.5 Å². The van der Waals surface area contributed by atoms with Gasteiger partial charge in [0.15, 0.2) is 0 Å². The number of nitrogens with zero attached hydrogens (tertiary/aromatic N) is 3. The second kappa shape index (κ2) is 8.96. The number of halogens is 1. The van der Waals surface area contributed by atoms with E-state index in [1.54, 1.807) is 20.8 Å². The molecule has 2 bridgehead atoms. The Balaban J connectivity index is 1.53. The summed E-state index contributed by atoms with van der Waals surface area (Å²) in [6.45, 7) is 4.77. The van der Waals surface area contributed by atoms with Crippen molar-refractivity contribution in [2.45, 2.75) is 69.9 Å². The van der Waals surface area contributed by atoms with Gasteiger partial charge in [-0.05, 0) is 33.6 Å². The van der Waals surface area contributed by atoms with Gasteiger partial charge >= 0.3 is 22.5 Å². The molecule has 4 atom stereocenters. The van der Waals surface area contributed by atoms with Crippen molar-refractivity contribution in [3.63, 3.8) is 0 Å². The minimum atomic E-state index is -4.89. The molecular weight excluding hydrogens is 455 g/mol. The summed E-state index contributed by atoms with van der Waals surface area (Å²) in [7, 11) is -4.89. The molecule has 2 N–H and O–H groups in total. The fraction of sp³-hybridized carbons (Fsp3) is 0.824. The van der Waals surface area contributed by atoms with E-state index in [2.05, 4.69) is 9.76 Å². The molecule has 0 spiro atoms. The van der Waals surface area contributed by atoms with Crippen molar-refractivity contribution in [3.8, 4) is 0 Å². The Hall–Kier alpha value is -2.23. The number of likely N-dealkylation sites (tertiary alicyclic amines) is 1. The van der Waals surface area contributed by atoms with Gasteiger partial charge in [-0.3, -0.25) is 19.1 Å². The second-order valence-electron chi connectivity index (χ2n) is 8.91. The van der Waals surface area contributed by atoms with Gasteiger partial charge in [0, 0.05) is 13.0 Å². The Morgan fingerprint density at radius 2 is 1.94 bits per heavy atom. The highest BCUT2D eigenvalue weighted by Gasteiger charge is 2.49. The summed E-state index contributed by atoms with van der Waals surface area (Å²) in [6, 6.07) is -3.11. The van der Waals surface area contributed by atoms with Crippen LogP contribution in [0.15, 0.2) is 0 Å². The zero-order chi connectivity index (χ0) is 23.8. The van der Waals surface area contributed by atoms with Gasteiger partial charge in [0.2, 0.25) is 0 Å². The molecule has 3 aliphatic rings. The van der Waals surface area contributed by atoms with Gasteiger partial charge in [-0.15, -0.1) is 4.28 Å². The number of rotatable bonds is 6. The van der Waals surface area contributed by atoms with Gasteiger partial charge in [-0.25, -0.2) is 19.5 Å². The Morgan fingerprint density at radius 3 is 2.56 bits per heavy atom. The number of hydroxylamine groups is 3. The van der Waals surface area contributed by atoms with Crippen molar-refractivity contribution in [1.82, 2.24) is 20.3 Å². The quantitative estimate of drug-likeness (QED) is 0.404. The third kappa shape index (κ3) is 5.76. The first kappa shape index (κ1) is 24.4. The highest BCUT2D eigenvalue weighted by molar-refractivity contribution is 7.80. The summed E-state index contributed by atoms with van der Waals surface area (Å²) < 4.78 is 54.1. The van der Waals surface area contributed by atoms with E-state index in [4.69, 9.17) is 14.1 Å². The molecule has 15 heteroatoms. The average Bonchev–Trinajstić information content (AvgIpc) is 3.13. The van der Waals surface area contributed by atoms with Crippen molar-refractivity contribution in [3.05, 3.63) is 0 Å². The van der Waals surface area contributed by atoms with Crippen LogP contribution in [-0.2, 0) is 29.1 Å². The molecular formula is C17H27FN4O9S. The molecule has 3 heterocycles. The molecule has 3 aliphatic heterocycles. The Labute approximate surface area is 184 Å². The van der Waals surface area contributed by atoms with Crippen LogP contribution in [0.5, 0.6) is 0 Å². The largest absolute Gasteiger partial charge is 0.444 e. The maximum atomic E-state index is 13.9. The molecule has 32 heavy (non-hydrogen) atoms. The molecule has 0 saturated carbocycles. The van der Waals surface area contributed by atoms with Crippen molar-refractivity contribution in [2.75, 3.05) is 19.7 Å². The first-order valence-corrected chi connectivity index (χ1v) is 11.4. The van der Waals surface area contributed by atoms with Crippen LogP contribution < -0.4 is 5.48 Å². The lowest BCUT2D eigenvalue weighted by Crippen LogP contribution is -2.50. The summed E-state index contributed by atoms with van der Waals surface area (Å²) in [6.07, 6.45) is -1.45. The fourth-order valence-electron chi connectivity index (χ4n) is 3.94. The third-order valence-electron chi connectivity index (χ3n) is 5.24. The number of carbonyl (C=O) groups excluding carboxylic acids is 3. The molecule has 0 aromatic heterocycles.